The summed E-state index contributed by atoms with van der Waals surface area (Å²) in [4.78, 5) is 1.47. The minimum absolute atomic E-state index is 0.632. The molecule has 1 unspecified atom stereocenters. The van der Waals surface area contributed by atoms with Crippen molar-refractivity contribution in [1.82, 2.24) is 5.32 Å². The fourth-order valence-corrected chi connectivity index (χ4v) is 3.18. The van der Waals surface area contributed by atoms with Crippen LogP contribution in [0.3, 0.4) is 0 Å². The van der Waals surface area contributed by atoms with Gasteiger partial charge in [0.15, 0.2) is 0 Å². The van der Waals surface area contributed by atoms with Gasteiger partial charge in [-0.15, -0.1) is 11.3 Å². The van der Waals surface area contributed by atoms with E-state index in [1.165, 1.54) is 10.4 Å². The number of rotatable bonds is 9. The summed E-state index contributed by atoms with van der Waals surface area (Å²) in [5.41, 5.74) is 1.42. The quantitative estimate of drug-likeness (QED) is 0.715. The van der Waals surface area contributed by atoms with Crippen LogP contribution in [0.5, 0.6) is 0 Å². The highest BCUT2D eigenvalue weighted by Gasteiger charge is 2.11. The molecule has 1 aromatic heterocycles. The Bertz CT molecular complexity index is 455. The molecule has 1 aromatic carbocycles. The zero-order valence-electron chi connectivity index (χ0n) is 12.0. The predicted molar refractivity (Wildman–Crippen MR) is 86.4 cm³/mol. The van der Waals surface area contributed by atoms with Crippen LogP contribution in [0.25, 0.3) is 0 Å². The first-order valence-electron chi connectivity index (χ1n) is 7.14. The molecule has 0 bridgehead atoms. The van der Waals surface area contributed by atoms with Crippen molar-refractivity contribution < 1.29 is 4.74 Å². The lowest BCUT2D eigenvalue weighted by molar-refractivity contribution is 0.197. The first-order chi connectivity index (χ1) is 9.88. The van der Waals surface area contributed by atoms with E-state index >= 15 is 0 Å². The number of benzene rings is 1. The van der Waals surface area contributed by atoms with E-state index in [0.717, 1.165) is 32.5 Å². The molecule has 2 nitrogen and oxygen atoms in total. The van der Waals surface area contributed by atoms with E-state index in [2.05, 4.69) is 53.2 Å². The Labute approximate surface area is 125 Å². The zero-order chi connectivity index (χ0) is 14.0. The number of hydrogen-bond acceptors (Lipinski definition) is 3. The fourth-order valence-electron chi connectivity index (χ4n) is 2.36. The second-order valence-corrected chi connectivity index (χ2v) is 6.07. The van der Waals surface area contributed by atoms with Crippen LogP contribution in [-0.4, -0.2) is 26.8 Å². The first-order valence-corrected chi connectivity index (χ1v) is 8.02. The van der Waals surface area contributed by atoms with Crippen molar-refractivity contribution >= 4 is 11.3 Å². The van der Waals surface area contributed by atoms with Gasteiger partial charge in [0.25, 0.3) is 0 Å². The molecule has 108 valence electrons. The Kier molecular flexibility index (Phi) is 6.78. The van der Waals surface area contributed by atoms with Crippen LogP contribution in [0.1, 0.15) is 10.4 Å². The van der Waals surface area contributed by atoms with Crippen LogP contribution >= 0.6 is 11.3 Å². The molecule has 1 heterocycles. The average Bonchev–Trinajstić information content (AvgIpc) is 2.97. The van der Waals surface area contributed by atoms with Gasteiger partial charge in [-0.25, -0.2) is 0 Å². The minimum Gasteiger partial charge on any atom is -0.383 e. The van der Waals surface area contributed by atoms with Crippen LogP contribution in [0.4, 0.5) is 0 Å². The lowest BCUT2D eigenvalue weighted by Gasteiger charge is -2.17. The topological polar surface area (TPSA) is 21.3 Å². The molecule has 2 aromatic rings. The molecule has 0 aliphatic carbocycles. The van der Waals surface area contributed by atoms with E-state index in [0.29, 0.717) is 5.92 Å². The first kappa shape index (κ1) is 15.2. The molecule has 0 radical (unpaired) electrons. The van der Waals surface area contributed by atoms with E-state index < -0.39 is 0 Å². The molecule has 0 saturated heterocycles. The third kappa shape index (κ3) is 5.45. The largest absolute Gasteiger partial charge is 0.383 e. The number of hydrogen-bond donors (Lipinski definition) is 1. The maximum Gasteiger partial charge on any atom is 0.0587 e. The lowest BCUT2D eigenvalue weighted by Crippen LogP contribution is -2.28. The van der Waals surface area contributed by atoms with Crippen molar-refractivity contribution in [2.24, 2.45) is 5.92 Å². The third-order valence-electron chi connectivity index (χ3n) is 3.35. The van der Waals surface area contributed by atoms with Crippen molar-refractivity contribution in [3.8, 4) is 0 Å². The molecule has 3 heteroatoms. The van der Waals surface area contributed by atoms with E-state index in [4.69, 9.17) is 4.74 Å². The van der Waals surface area contributed by atoms with Gasteiger partial charge in [0.05, 0.1) is 6.61 Å². The van der Waals surface area contributed by atoms with Gasteiger partial charge < -0.3 is 10.1 Å². The molecule has 1 N–H and O–H groups in total. The summed E-state index contributed by atoms with van der Waals surface area (Å²) in [6, 6.07) is 15.1. The van der Waals surface area contributed by atoms with Crippen LogP contribution in [-0.2, 0) is 17.6 Å². The molecule has 0 aliphatic heterocycles. The van der Waals surface area contributed by atoms with E-state index in [1.807, 2.05) is 11.3 Å². The number of ether oxygens (including phenoxy) is 1. The Morgan fingerprint density at radius 3 is 2.65 bits per heavy atom. The highest BCUT2D eigenvalue weighted by molar-refractivity contribution is 7.09. The Balaban J connectivity index is 1.89. The molecule has 0 aliphatic rings. The summed E-state index contributed by atoms with van der Waals surface area (Å²) in [6.07, 6.45) is 2.27. The van der Waals surface area contributed by atoms with Gasteiger partial charge in [0, 0.05) is 18.5 Å². The van der Waals surface area contributed by atoms with Crippen molar-refractivity contribution in [3.05, 3.63) is 58.3 Å². The second-order valence-electron chi connectivity index (χ2n) is 5.04. The predicted octanol–water partition coefficient (Wildman–Crippen LogP) is 3.39. The van der Waals surface area contributed by atoms with Crippen molar-refractivity contribution in [1.29, 1.82) is 0 Å². The highest BCUT2D eigenvalue weighted by atomic mass is 32.1. The number of thiophene rings is 1. The van der Waals surface area contributed by atoms with Gasteiger partial charge in [-0.1, -0.05) is 36.4 Å². The molecule has 0 amide bonds. The summed E-state index contributed by atoms with van der Waals surface area (Å²) in [7, 11) is 1.74. The standard InChI is InChI=1S/C17H23NOS/c1-19-10-9-18-14-16(13-17-8-5-11-20-17)12-15-6-3-2-4-7-15/h2-8,11,16,18H,9-10,12-14H2,1H3. The van der Waals surface area contributed by atoms with E-state index in [-0.39, 0.29) is 0 Å². The maximum atomic E-state index is 5.09. The molecular formula is C17H23NOS. The van der Waals surface area contributed by atoms with Crippen molar-refractivity contribution in [2.45, 2.75) is 12.8 Å². The maximum absolute atomic E-state index is 5.09. The minimum atomic E-state index is 0.632. The van der Waals surface area contributed by atoms with Crippen molar-refractivity contribution in [2.75, 3.05) is 26.8 Å². The SMILES string of the molecule is COCCNCC(Cc1ccccc1)Cc1cccs1. The average molecular weight is 289 g/mol. The number of nitrogens with one attached hydrogen (secondary N) is 1. The second kappa shape index (κ2) is 8.90. The van der Waals surface area contributed by atoms with E-state index in [1.54, 1.807) is 7.11 Å². The molecule has 0 saturated carbocycles. The van der Waals surface area contributed by atoms with Crippen molar-refractivity contribution in [3.63, 3.8) is 0 Å². The van der Waals surface area contributed by atoms with Crippen LogP contribution in [0.15, 0.2) is 47.8 Å². The van der Waals surface area contributed by atoms with Gasteiger partial charge in [0.2, 0.25) is 0 Å². The Morgan fingerprint density at radius 2 is 1.95 bits per heavy atom. The van der Waals surface area contributed by atoms with Gasteiger partial charge in [-0.2, -0.15) is 0 Å². The van der Waals surface area contributed by atoms with Crippen LogP contribution in [0, 0.1) is 5.92 Å². The summed E-state index contributed by atoms with van der Waals surface area (Å²) in [5.74, 6) is 0.632. The Morgan fingerprint density at radius 1 is 1.10 bits per heavy atom. The molecule has 2 rings (SSSR count). The molecular weight excluding hydrogens is 266 g/mol. The summed E-state index contributed by atoms with van der Waals surface area (Å²) in [5, 5.41) is 5.66. The monoisotopic (exact) mass is 289 g/mol. The smallest absolute Gasteiger partial charge is 0.0587 e. The molecule has 0 fully saturated rings. The van der Waals surface area contributed by atoms with Crippen LogP contribution < -0.4 is 5.32 Å². The third-order valence-corrected chi connectivity index (χ3v) is 4.25. The summed E-state index contributed by atoms with van der Waals surface area (Å²) in [6.45, 7) is 2.74. The van der Waals surface area contributed by atoms with Gasteiger partial charge in [0.1, 0.15) is 0 Å². The van der Waals surface area contributed by atoms with Crippen LogP contribution in [0.2, 0.25) is 0 Å². The van der Waals surface area contributed by atoms with Gasteiger partial charge >= 0.3 is 0 Å². The molecule has 20 heavy (non-hydrogen) atoms. The molecule has 1 atom stereocenters. The lowest BCUT2D eigenvalue weighted by atomic mass is 9.95. The number of methoxy groups -OCH3 is 1. The highest BCUT2D eigenvalue weighted by Crippen LogP contribution is 2.18. The molecule has 0 spiro atoms. The summed E-state index contributed by atoms with van der Waals surface area (Å²) >= 11 is 1.85. The van der Waals surface area contributed by atoms with Gasteiger partial charge in [-0.3, -0.25) is 0 Å². The Hall–Kier alpha value is -1.16. The fraction of sp³-hybridized carbons (Fsp3) is 0.412. The van der Waals surface area contributed by atoms with Gasteiger partial charge in [-0.05, 0) is 42.3 Å². The van der Waals surface area contributed by atoms with E-state index in [9.17, 15) is 0 Å². The summed E-state index contributed by atoms with van der Waals surface area (Å²) < 4.78 is 5.09. The zero-order valence-corrected chi connectivity index (χ0v) is 12.9. The normalized spacial score (nSPS) is 12.4.